The molecule has 86 valence electrons. The van der Waals surface area contributed by atoms with Gasteiger partial charge in [-0.1, -0.05) is 0 Å². The fourth-order valence-corrected chi connectivity index (χ4v) is 1.52. The Morgan fingerprint density at radius 3 is 2.12 bits per heavy atom. The van der Waals surface area contributed by atoms with Crippen LogP contribution in [0, 0.1) is 0 Å². The minimum absolute atomic E-state index is 0.282. The van der Waals surface area contributed by atoms with Gasteiger partial charge in [-0.15, -0.1) is 0 Å². The van der Waals surface area contributed by atoms with Crippen molar-refractivity contribution in [1.29, 1.82) is 0 Å². The summed E-state index contributed by atoms with van der Waals surface area (Å²) in [4.78, 5) is 10.5. The molecule has 0 bridgehead atoms. The summed E-state index contributed by atoms with van der Waals surface area (Å²) in [7, 11) is -0.543. The number of hydrogen-bond donors (Lipinski definition) is 0. The smallest absolute Gasteiger partial charge is 0.462 e. The van der Waals surface area contributed by atoms with Crippen LogP contribution in [0.1, 0.15) is 38.2 Å². The van der Waals surface area contributed by atoms with Crippen molar-refractivity contribution in [1.82, 2.24) is 0 Å². The maximum atomic E-state index is 10.5. The van der Waals surface area contributed by atoms with Crippen LogP contribution in [0.3, 0.4) is 0 Å². The Hall–Kier alpha value is -1.07. The first kappa shape index (κ1) is 11.4. The number of hydrogen-bond acceptors (Lipinski definition) is 4. The zero-order valence-electron chi connectivity index (χ0n) is 9.94. The van der Waals surface area contributed by atoms with Gasteiger partial charge in [-0.25, -0.2) is 0 Å². The second-order valence-electron chi connectivity index (χ2n) is 4.95. The van der Waals surface area contributed by atoms with Crippen molar-refractivity contribution in [3.63, 3.8) is 0 Å². The minimum Gasteiger partial charge on any atom is -0.462 e. The number of carbonyl (C=O) groups excluding carboxylic acids is 1. The second kappa shape index (κ2) is 3.47. The van der Waals surface area contributed by atoms with Crippen molar-refractivity contribution in [2.24, 2.45) is 0 Å². The summed E-state index contributed by atoms with van der Waals surface area (Å²) in [5.74, 6) is 0.282. The highest BCUT2D eigenvalue weighted by atomic mass is 16.7. The van der Waals surface area contributed by atoms with E-state index >= 15 is 0 Å². The molecular weight excluding hydrogens is 207 g/mol. The summed E-state index contributed by atoms with van der Waals surface area (Å²) in [5, 5.41) is 0. The molecule has 1 aliphatic rings. The van der Waals surface area contributed by atoms with E-state index in [1.54, 1.807) is 12.1 Å². The van der Waals surface area contributed by atoms with Crippen LogP contribution in [0.15, 0.2) is 16.5 Å². The third kappa shape index (κ3) is 1.70. The molecule has 1 saturated heterocycles. The Morgan fingerprint density at radius 2 is 1.69 bits per heavy atom. The van der Waals surface area contributed by atoms with E-state index in [0.29, 0.717) is 11.9 Å². The lowest BCUT2D eigenvalue weighted by molar-refractivity contribution is 0.00578. The van der Waals surface area contributed by atoms with Gasteiger partial charge in [-0.2, -0.15) is 0 Å². The molecular formula is C11H15BO4. The molecule has 0 unspecified atom stereocenters. The molecule has 2 heterocycles. The van der Waals surface area contributed by atoms with Crippen LogP contribution < -0.4 is 5.66 Å². The molecule has 0 spiro atoms. The summed E-state index contributed by atoms with van der Waals surface area (Å²) in [6.45, 7) is 7.88. The zero-order valence-corrected chi connectivity index (χ0v) is 9.94. The van der Waals surface area contributed by atoms with E-state index in [0.717, 1.165) is 0 Å². The topological polar surface area (TPSA) is 48.7 Å². The molecule has 0 radical (unpaired) electrons. The third-order valence-corrected chi connectivity index (χ3v) is 3.25. The molecule has 0 saturated carbocycles. The first-order valence-electron chi connectivity index (χ1n) is 5.26. The van der Waals surface area contributed by atoms with E-state index in [1.807, 2.05) is 27.7 Å². The monoisotopic (exact) mass is 222 g/mol. The van der Waals surface area contributed by atoms with Crippen LogP contribution in [0.25, 0.3) is 0 Å². The molecule has 5 heteroatoms. The standard InChI is InChI=1S/C11H15BO4/c1-10(2)11(3,4)16-12(15-10)9-6-5-8(7-13)14-9/h5-7H,1-4H3. The average Bonchev–Trinajstić information content (AvgIpc) is 2.70. The Bertz CT molecular complexity index is 392. The van der Waals surface area contributed by atoms with E-state index in [4.69, 9.17) is 13.7 Å². The van der Waals surface area contributed by atoms with E-state index in [9.17, 15) is 4.79 Å². The van der Waals surface area contributed by atoms with Gasteiger partial charge in [0.1, 0.15) is 5.66 Å². The number of rotatable bonds is 2. The first-order chi connectivity index (χ1) is 7.36. The average molecular weight is 222 g/mol. The Balaban J connectivity index is 2.23. The van der Waals surface area contributed by atoms with Crippen LogP contribution in [-0.2, 0) is 9.31 Å². The quantitative estimate of drug-likeness (QED) is 0.560. The largest absolute Gasteiger partial charge is 0.532 e. The Morgan fingerprint density at radius 1 is 1.12 bits per heavy atom. The highest BCUT2D eigenvalue weighted by Crippen LogP contribution is 2.36. The van der Waals surface area contributed by atoms with Gasteiger partial charge in [0, 0.05) is 0 Å². The molecule has 4 nitrogen and oxygen atoms in total. The Labute approximate surface area is 95.1 Å². The number of furan rings is 1. The lowest BCUT2D eigenvalue weighted by Crippen LogP contribution is -2.41. The normalized spacial score (nSPS) is 22.4. The van der Waals surface area contributed by atoms with Crippen molar-refractivity contribution in [2.75, 3.05) is 0 Å². The number of aldehydes is 1. The SMILES string of the molecule is CC1(C)OB(c2ccc(C=O)o2)OC1(C)C. The van der Waals surface area contributed by atoms with Gasteiger partial charge in [0.05, 0.1) is 11.2 Å². The molecule has 0 aromatic carbocycles. The highest BCUT2D eigenvalue weighted by molar-refractivity contribution is 6.60. The predicted octanol–water partition coefficient (Wildman–Crippen LogP) is 1.39. The molecule has 0 aliphatic carbocycles. The van der Waals surface area contributed by atoms with Crippen LogP contribution >= 0.6 is 0 Å². The van der Waals surface area contributed by atoms with Crippen LogP contribution in [0.2, 0.25) is 0 Å². The molecule has 1 fully saturated rings. The van der Waals surface area contributed by atoms with E-state index in [-0.39, 0.29) is 5.76 Å². The second-order valence-corrected chi connectivity index (χ2v) is 4.95. The molecule has 2 rings (SSSR count). The molecule has 1 aromatic rings. The predicted molar refractivity (Wildman–Crippen MR) is 59.8 cm³/mol. The number of carbonyl (C=O) groups is 1. The molecule has 1 aromatic heterocycles. The third-order valence-electron chi connectivity index (χ3n) is 3.25. The molecule has 0 atom stereocenters. The zero-order chi connectivity index (χ0) is 12.0. The van der Waals surface area contributed by atoms with E-state index in [1.165, 1.54) is 0 Å². The molecule has 0 N–H and O–H groups in total. The van der Waals surface area contributed by atoms with Gasteiger partial charge >= 0.3 is 7.12 Å². The summed E-state index contributed by atoms with van der Waals surface area (Å²) in [6, 6.07) is 3.30. The van der Waals surface area contributed by atoms with Crippen LogP contribution in [0.5, 0.6) is 0 Å². The van der Waals surface area contributed by atoms with Gasteiger partial charge in [0.15, 0.2) is 12.0 Å². The lowest BCUT2D eigenvalue weighted by atomic mass is 9.86. The minimum atomic E-state index is -0.543. The molecule has 1 aliphatic heterocycles. The van der Waals surface area contributed by atoms with Gasteiger partial charge < -0.3 is 13.7 Å². The van der Waals surface area contributed by atoms with Crippen molar-refractivity contribution in [3.05, 3.63) is 17.9 Å². The summed E-state index contributed by atoms with van der Waals surface area (Å²) in [6.07, 6.45) is 0.661. The van der Waals surface area contributed by atoms with Crippen LogP contribution in [0.4, 0.5) is 0 Å². The maximum Gasteiger partial charge on any atom is 0.532 e. The summed E-state index contributed by atoms with van der Waals surface area (Å²) < 4.78 is 16.8. The van der Waals surface area contributed by atoms with Crippen molar-refractivity contribution < 1.29 is 18.5 Å². The van der Waals surface area contributed by atoms with Crippen molar-refractivity contribution in [3.8, 4) is 0 Å². The molecule has 16 heavy (non-hydrogen) atoms. The van der Waals surface area contributed by atoms with Crippen molar-refractivity contribution in [2.45, 2.75) is 38.9 Å². The van der Waals surface area contributed by atoms with Gasteiger partial charge in [-0.3, -0.25) is 4.79 Å². The summed E-state index contributed by atoms with van der Waals surface area (Å²) >= 11 is 0. The van der Waals surface area contributed by atoms with Gasteiger partial charge in [0.25, 0.3) is 0 Å². The fraction of sp³-hybridized carbons (Fsp3) is 0.545. The Kier molecular flexibility index (Phi) is 2.47. The van der Waals surface area contributed by atoms with Gasteiger partial charge in [0.2, 0.25) is 0 Å². The van der Waals surface area contributed by atoms with E-state index < -0.39 is 18.3 Å². The van der Waals surface area contributed by atoms with E-state index in [2.05, 4.69) is 0 Å². The molecule has 0 amide bonds. The maximum absolute atomic E-state index is 10.5. The highest BCUT2D eigenvalue weighted by Gasteiger charge is 2.53. The summed E-state index contributed by atoms with van der Waals surface area (Å²) in [5.41, 5.74) is -0.266. The van der Waals surface area contributed by atoms with Crippen LogP contribution in [-0.4, -0.2) is 24.6 Å². The first-order valence-corrected chi connectivity index (χ1v) is 5.26. The lowest BCUT2D eigenvalue weighted by Gasteiger charge is -2.32. The van der Waals surface area contributed by atoms with Gasteiger partial charge in [-0.05, 0) is 39.8 Å². The fourth-order valence-electron chi connectivity index (χ4n) is 1.52. The van der Waals surface area contributed by atoms with Crippen molar-refractivity contribution >= 4 is 19.1 Å².